The lowest BCUT2D eigenvalue weighted by Gasteiger charge is -2.11. The van der Waals surface area contributed by atoms with Gasteiger partial charge in [0, 0.05) is 19.6 Å². The van der Waals surface area contributed by atoms with Gasteiger partial charge in [-0.1, -0.05) is 6.07 Å². The van der Waals surface area contributed by atoms with E-state index in [0.717, 1.165) is 29.9 Å². The van der Waals surface area contributed by atoms with Gasteiger partial charge in [-0.05, 0) is 31.0 Å². The second-order valence-electron chi connectivity index (χ2n) is 5.33. The largest absolute Gasteiger partial charge is 0.454 e. The third-order valence-corrected chi connectivity index (χ3v) is 3.94. The quantitative estimate of drug-likeness (QED) is 0.354. The highest BCUT2D eigenvalue weighted by Crippen LogP contribution is 2.32. The van der Waals surface area contributed by atoms with Crippen molar-refractivity contribution in [3.8, 4) is 11.5 Å². The number of fused-ring (bicyclic) bond motifs is 1. The SMILES string of the molecule is CCNC(=NCc1ccc2c(c1)OCO2)NCCCNS(C)(=O)=O. The Morgan fingerprint density at radius 2 is 2.00 bits per heavy atom. The summed E-state index contributed by atoms with van der Waals surface area (Å²) < 4.78 is 35.1. The summed E-state index contributed by atoms with van der Waals surface area (Å²) in [5.41, 5.74) is 1.02. The van der Waals surface area contributed by atoms with E-state index in [0.29, 0.717) is 32.0 Å². The van der Waals surface area contributed by atoms with E-state index in [1.54, 1.807) is 0 Å². The Morgan fingerprint density at radius 3 is 2.75 bits per heavy atom. The van der Waals surface area contributed by atoms with Crippen molar-refractivity contribution in [2.45, 2.75) is 19.9 Å². The minimum Gasteiger partial charge on any atom is -0.454 e. The molecular formula is C15H24N4O4S. The zero-order valence-corrected chi connectivity index (χ0v) is 14.8. The van der Waals surface area contributed by atoms with E-state index in [2.05, 4.69) is 20.3 Å². The number of benzene rings is 1. The Kier molecular flexibility index (Phi) is 6.68. The van der Waals surface area contributed by atoms with Crippen molar-refractivity contribution in [1.29, 1.82) is 0 Å². The highest BCUT2D eigenvalue weighted by molar-refractivity contribution is 7.88. The minimum atomic E-state index is -3.13. The summed E-state index contributed by atoms with van der Waals surface area (Å²) in [4.78, 5) is 4.51. The summed E-state index contributed by atoms with van der Waals surface area (Å²) >= 11 is 0. The molecule has 24 heavy (non-hydrogen) atoms. The summed E-state index contributed by atoms with van der Waals surface area (Å²) in [6, 6.07) is 5.76. The van der Waals surface area contributed by atoms with Gasteiger partial charge in [0.15, 0.2) is 17.5 Å². The number of rotatable bonds is 8. The highest BCUT2D eigenvalue weighted by Gasteiger charge is 2.12. The van der Waals surface area contributed by atoms with Crippen LogP contribution in [0.2, 0.25) is 0 Å². The number of nitrogens with one attached hydrogen (secondary N) is 3. The summed E-state index contributed by atoms with van der Waals surface area (Å²) in [5, 5.41) is 6.33. The molecule has 8 nitrogen and oxygen atoms in total. The predicted molar refractivity (Wildman–Crippen MR) is 92.8 cm³/mol. The van der Waals surface area contributed by atoms with Gasteiger partial charge < -0.3 is 20.1 Å². The lowest BCUT2D eigenvalue weighted by atomic mass is 10.2. The number of sulfonamides is 1. The van der Waals surface area contributed by atoms with Gasteiger partial charge in [-0.15, -0.1) is 0 Å². The van der Waals surface area contributed by atoms with Crippen molar-refractivity contribution in [1.82, 2.24) is 15.4 Å². The van der Waals surface area contributed by atoms with Gasteiger partial charge in [0.25, 0.3) is 0 Å². The van der Waals surface area contributed by atoms with Crippen LogP contribution in [0, 0.1) is 0 Å². The summed E-state index contributed by atoms with van der Waals surface area (Å²) in [6.07, 6.45) is 1.82. The summed E-state index contributed by atoms with van der Waals surface area (Å²) in [6.45, 7) is 4.52. The van der Waals surface area contributed by atoms with Crippen molar-refractivity contribution in [2.75, 3.05) is 32.7 Å². The number of hydrogen-bond donors (Lipinski definition) is 3. The fourth-order valence-electron chi connectivity index (χ4n) is 2.10. The fourth-order valence-corrected chi connectivity index (χ4v) is 2.62. The third-order valence-electron chi connectivity index (χ3n) is 3.21. The molecule has 0 radical (unpaired) electrons. The third kappa shape index (κ3) is 6.25. The standard InChI is InChI=1S/C15H24N4O4S/c1-3-16-15(17-7-4-8-19-24(2,20)21)18-10-12-5-6-13-14(9-12)23-11-22-13/h5-6,9,19H,3-4,7-8,10-11H2,1-2H3,(H2,16,17,18). The van der Waals surface area contributed by atoms with Crippen LogP contribution >= 0.6 is 0 Å². The lowest BCUT2D eigenvalue weighted by Crippen LogP contribution is -2.38. The number of nitrogens with zero attached hydrogens (tertiary/aromatic N) is 1. The smallest absolute Gasteiger partial charge is 0.231 e. The van der Waals surface area contributed by atoms with Crippen LogP contribution in [0.5, 0.6) is 11.5 Å². The minimum absolute atomic E-state index is 0.258. The van der Waals surface area contributed by atoms with Crippen LogP contribution in [0.25, 0.3) is 0 Å². The molecule has 1 aliphatic heterocycles. The molecule has 0 atom stereocenters. The molecule has 0 saturated carbocycles. The van der Waals surface area contributed by atoms with E-state index < -0.39 is 10.0 Å². The van der Waals surface area contributed by atoms with E-state index in [1.165, 1.54) is 0 Å². The zero-order valence-electron chi connectivity index (χ0n) is 14.0. The van der Waals surface area contributed by atoms with Crippen molar-refractivity contribution < 1.29 is 17.9 Å². The molecule has 9 heteroatoms. The van der Waals surface area contributed by atoms with E-state index in [-0.39, 0.29) is 6.79 Å². The molecule has 0 aliphatic carbocycles. The van der Waals surface area contributed by atoms with Gasteiger partial charge in [-0.2, -0.15) is 0 Å². The van der Waals surface area contributed by atoms with Crippen LogP contribution in [0.1, 0.15) is 18.9 Å². The Labute approximate surface area is 142 Å². The zero-order chi connectivity index (χ0) is 17.4. The molecule has 0 amide bonds. The molecule has 0 spiro atoms. The van der Waals surface area contributed by atoms with E-state index in [1.807, 2.05) is 25.1 Å². The van der Waals surface area contributed by atoms with Crippen LogP contribution in [-0.4, -0.2) is 47.1 Å². The average molecular weight is 356 g/mol. The second kappa shape index (κ2) is 8.74. The molecule has 1 heterocycles. The number of hydrogen-bond acceptors (Lipinski definition) is 5. The predicted octanol–water partition coefficient (Wildman–Crippen LogP) is 0.410. The highest BCUT2D eigenvalue weighted by atomic mass is 32.2. The van der Waals surface area contributed by atoms with Crippen LogP contribution in [-0.2, 0) is 16.6 Å². The first kappa shape index (κ1) is 18.3. The first-order valence-electron chi connectivity index (χ1n) is 7.83. The molecule has 2 rings (SSSR count). The van der Waals surface area contributed by atoms with E-state index in [9.17, 15) is 8.42 Å². The summed E-state index contributed by atoms with van der Waals surface area (Å²) in [5.74, 6) is 2.19. The molecule has 1 aromatic rings. The normalized spacial score (nSPS) is 13.8. The van der Waals surface area contributed by atoms with Gasteiger partial charge in [0.05, 0.1) is 12.8 Å². The van der Waals surface area contributed by atoms with Crippen LogP contribution < -0.4 is 24.8 Å². The van der Waals surface area contributed by atoms with E-state index in [4.69, 9.17) is 9.47 Å². The number of aliphatic imine (C=N–C) groups is 1. The molecular weight excluding hydrogens is 332 g/mol. The fraction of sp³-hybridized carbons (Fsp3) is 0.533. The van der Waals surface area contributed by atoms with Crippen LogP contribution in [0.15, 0.2) is 23.2 Å². The first-order chi connectivity index (χ1) is 11.5. The van der Waals surface area contributed by atoms with Gasteiger partial charge in [0.2, 0.25) is 16.8 Å². The van der Waals surface area contributed by atoms with E-state index >= 15 is 0 Å². The molecule has 0 fully saturated rings. The Hall–Kier alpha value is -2.00. The maximum Gasteiger partial charge on any atom is 0.231 e. The Morgan fingerprint density at radius 1 is 1.21 bits per heavy atom. The molecule has 0 unspecified atom stereocenters. The summed E-state index contributed by atoms with van der Waals surface area (Å²) in [7, 11) is -3.13. The number of guanidine groups is 1. The van der Waals surface area contributed by atoms with Gasteiger partial charge >= 0.3 is 0 Å². The van der Waals surface area contributed by atoms with Crippen molar-refractivity contribution in [2.24, 2.45) is 4.99 Å². The molecule has 0 aromatic heterocycles. The van der Waals surface area contributed by atoms with Crippen LogP contribution in [0.3, 0.4) is 0 Å². The molecule has 1 aromatic carbocycles. The average Bonchev–Trinajstić information content (AvgIpc) is 2.98. The molecule has 0 saturated heterocycles. The van der Waals surface area contributed by atoms with Crippen molar-refractivity contribution >= 4 is 16.0 Å². The molecule has 3 N–H and O–H groups in total. The lowest BCUT2D eigenvalue weighted by molar-refractivity contribution is 0.174. The second-order valence-corrected chi connectivity index (χ2v) is 7.16. The molecule has 0 bridgehead atoms. The monoisotopic (exact) mass is 356 g/mol. The van der Waals surface area contributed by atoms with Crippen LogP contribution in [0.4, 0.5) is 0 Å². The Balaban J connectivity index is 1.82. The first-order valence-corrected chi connectivity index (χ1v) is 9.72. The van der Waals surface area contributed by atoms with Gasteiger partial charge in [0.1, 0.15) is 0 Å². The molecule has 134 valence electrons. The maximum absolute atomic E-state index is 11.0. The topological polar surface area (TPSA) is 101 Å². The molecule has 1 aliphatic rings. The van der Waals surface area contributed by atoms with Crippen molar-refractivity contribution in [3.05, 3.63) is 23.8 Å². The van der Waals surface area contributed by atoms with Gasteiger partial charge in [-0.3, -0.25) is 0 Å². The van der Waals surface area contributed by atoms with Crippen molar-refractivity contribution in [3.63, 3.8) is 0 Å². The maximum atomic E-state index is 11.0. The van der Waals surface area contributed by atoms with Gasteiger partial charge in [-0.25, -0.2) is 18.1 Å². The number of ether oxygens (including phenoxy) is 2. The Bertz CT molecular complexity index is 676.